The lowest BCUT2D eigenvalue weighted by atomic mass is 9.98. The number of halogens is 3. The predicted molar refractivity (Wildman–Crippen MR) is 119 cm³/mol. The second-order valence-electron chi connectivity index (χ2n) is 7.33. The van der Waals surface area contributed by atoms with Crippen molar-refractivity contribution in [1.82, 2.24) is 0 Å². The normalized spacial score (nSPS) is 12.9. The van der Waals surface area contributed by atoms with Gasteiger partial charge in [0, 0.05) is 16.8 Å². The topological polar surface area (TPSA) is 29.5 Å². The number of benzene rings is 3. The first-order valence-corrected chi connectivity index (χ1v) is 10.1. The number of hydrogen-bond acceptors (Lipinski definition) is 3. The van der Waals surface area contributed by atoms with Crippen LogP contribution in [0.2, 0.25) is 0 Å². The molecule has 6 heteroatoms. The Morgan fingerprint density at radius 2 is 1.81 bits per heavy atom. The van der Waals surface area contributed by atoms with Gasteiger partial charge in [0.25, 0.3) is 0 Å². The van der Waals surface area contributed by atoms with Crippen LogP contribution in [0.1, 0.15) is 39.5 Å². The Bertz CT molecular complexity index is 1250. The summed E-state index contributed by atoms with van der Waals surface area (Å²) in [6.45, 7) is 3.93. The average Bonchev–Trinajstić information content (AvgIpc) is 2.78. The monoisotopic (exact) mass is 435 g/mol. The minimum Gasteiger partial charge on any atom is -0.462 e. The van der Waals surface area contributed by atoms with E-state index in [4.69, 9.17) is 4.74 Å². The highest BCUT2D eigenvalue weighted by Gasteiger charge is 2.32. The van der Waals surface area contributed by atoms with Crippen molar-refractivity contribution in [2.24, 2.45) is 0 Å². The molecule has 162 valence electrons. The second kappa shape index (κ2) is 8.40. The van der Waals surface area contributed by atoms with Crippen LogP contribution in [0.5, 0.6) is 0 Å². The fraction of sp³-hybridized carbons (Fsp3) is 0.154. The molecule has 4 rings (SSSR count). The van der Waals surface area contributed by atoms with Crippen LogP contribution in [-0.4, -0.2) is 12.6 Å². The minimum absolute atomic E-state index is 0.243. The number of nitrogens with zero attached hydrogens (tertiary/aromatic N) is 1. The Kier molecular flexibility index (Phi) is 5.64. The van der Waals surface area contributed by atoms with Gasteiger partial charge in [0.1, 0.15) is 0 Å². The van der Waals surface area contributed by atoms with Gasteiger partial charge in [-0.15, -0.1) is 0 Å². The number of hydrogen-bond donors (Lipinski definition) is 0. The summed E-state index contributed by atoms with van der Waals surface area (Å²) in [5.41, 5.74) is 6.92. The third kappa shape index (κ3) is 4.05. The zero-order chi connectivity index (χ0) is 22.9. The zero-order valence-corrected chi connectivity index (χ0v) is 17.5. The number of carbonyl (C=O) groups excluding carboxylic acids is 1. The van der Waals surface area contributed by atoms with E-state index in [9.17, 15) is 18.0 Å². The van der Waals surface area contributed by atoms with Gasteiger partial charge < -0.3 is 9.64 Å². The van der Waals surface area contributed by atoms with E-state index in [1.54, 1.807) is 37.3 Å². The Hall–Kier alpha value is -3.76. The van der Waals surface area contributed by atoms with E-state index in [-0.39, 0.29) is 6.61 Å². The van der Waals surface area contributed by atoms with Crippen molar-refractivity contribution in [1.29, 1.82) is 0 Å². The number of rotatable bonds is 4. The molecule has 3 aromatic rings. The number of fused-ring (bicyclic) bond motifs is 1. The van der Waals surface area contributed by atoms with Gasteiger partial charge >= 0.3 is 12.1 Å². The van der Waals surface area contributed by atoms with Crippen molar-refractivity contribution in [3.8, 4) is 0 Å². The van der Waals surface area contributed by atoms with Gasteiger partial charge in [-0.05, 0) is 61.9 Å². The SMILES string of the molecule is CCOC(=O)c1cccc(N2C(c3ccccc3C)=C=Cc3cc(C(F)(F)F)ccc32)c1. The summed E-state index contributed by atoms with van der Waals surface area (Å²) in [6, 6.07) is 18.2. The predicted octanol–water partition coefficient (Wildman–Crippen LogP) is 7.00. The number of aryl methyl sites for hydroxylation is 1. The maximum atomic E-state index is 13.3. The van der Waals surface area contributed by atoms with E-state index in [2.05, 4.69) is 5.73 Å². The third-order valence-electron chi connectivity index (χ3n) is 5.20. The molecule has 0 bridgehead atoms. The molecule has 0 radical (unpaired) electrons. The van der Waals surface area contributed by atoms with Crippen LogP contribution in [0.25, 0.3) is 11.8 Å². The fourth-order valence-corrected chi connectivity index (χ4v) is 3.67. The molecule has 32 heavy (non-hydrogen) atoms. The molecule has 0 saturated heterocycles. The van der Waals surface area contributed by atoms with E-state index in [1.165, 1.54) is 6.07 Å². The fourth-order valence-electron chi connectivity index (χ4n) is 3.67. The summed E-state index contributed by atoms with van der Waals surface area (Å²) in [5.74, 6) is -0.462. The van der Waals surface area contributed by atoms with E-state index < -0.39 is 17.7 Å². The average molecular weight is 435 g/mol. The van der Waals surface area contributed by atoms with E-state index >= 15 is 0 Å². The summed E-state index contributed by atoms with van der Waals surface area (Å²) in [6.07, 6.45) is -2.88. The smallest absolute Gasteiger partial charge is 0.416 e. The summed E-state index contributed by atoms with van der Waals surface area (Å²) >= 11 is 0. The molecule has 0 unspecified atom stereocenters. The molecule has 0 amide bonds. The highest BCUT2D eigenvalue weighted by atomic mass is 19.4. The van der Waals surface area contributed by atoms with Crippen LogP contribution in [-0.2, 0) is 10.9 Å². The van der Waals surface area contributed by atoms with Crippen LogP contribution in [0.15, 0.2) is 72.5 Å². The first kappa shape index (κ1) is 21.5. The minimum atomic E-state index is -4.45. The van der Waals surface area contributed by atoms with Gasteiger partial charge in [-0.25, -0.2) is 4.79 Å². The summed E-state index contributed by atoms with van der Waals surface area (Å²) in [7, 11) is 0. The molecule has 0 aromatic heterocycles. The molecule has 1 aliphatic rings. The molecule has 0 atom stereocenters. The summed E-state index contributed by atoms with van der Waals surface area (Å²) in [5, 5.41) is 0. The van der Waals surface area contributed by atoms with Gasteiger partial charge in [-0.3, -0.25) is 0 Å². The first-order valence-electron chi connectivity index (χ1n) is 10.1. The Balaban J connectivity index is 1.92. The number of carbonyl (C=O) groups is 1. The number of anilines is 2. The first-order chi connectivity index (χ1) is 15.3. The molecular weight excluding hydrogens is 415 g/mol. The number of alkyl halides is 3. The van der Waals surface area contributed by atoms with Crippen molar-refractivity contribution in [3.63, 3.8) is 0 Å². The van der Waals surface area contributed by atoms with Gasteiger partial charge in [-0.1, -0.05) is 36.1 Å². The van der Waals surface area contributed by atoms with E-state index in [1.807, 2.05) is 36.1 Å². The van der Waals surface area contributed by atoms with Gasteiger partial charge in [0.05, 0.1) is 29.1 Å². The lowest BCUT2D eigenvalue weighted by Crippen LogP contribution is -2.19. The van der Waals surface area contributed by atoms with Crippen LogP contribution in [0, 0.1) is 6.92 Å². The van der Waals surface area contributed by atoms with Crippen LogP contribution in [0.4, 0.5) is 24.5 Å². The van der Waals surface area contributed by atoms with E-state index in [0.29, 0.717) is 28.2 Å². The maximum absolute atomic E-state index is 13.3. The lowest BCUT2D eigenvalue weighted by molar-refractivity contribution is -0.137. The molecule has 0 saturated carbocycles. The van der Waals surface area contributed by atoms with Crippen molar-refractivity contribution in [2.75, 3.05) is 11.5 Å². The molecular formula is C26H20F3NO2. The maximum Gasteiger partial charge on any atom is 0.416 e. The molecule has 0 fully saturated rings. The quantitative estimate of drug-likeness (QED) is 0.327. The molecule has 0 N–H and O–H groups in total. The largest absolute Gasteiger partial charge is 0.462 e. The molecule has 3 aromatic carbocycles. The molecule has 0 aliphatic carbocycles. The van der Waals surface area contributed by atoms with Crippen molar-refractivity contribution in [2.45, 2.75) is 20.0 Å². The molecule has 3 nitrogen and oxygen atoms in total. The highest BCUT2D eigenvalue weighted by molar-refractivity contribution is 5.97. The highest BCUT2D eigenvalue weighted by Crippen LogP contribution is 2.42. The van der Waals surface area contributed by atoms with Crippen LogP contribution < -0.4 is 4.90 Å². The van der Waals surface area contributed by atoms with Crippen molar-refractivity contribution >= 4 is 29.1 Å². The van der Waals surface area contributed by atoms with Crippen molar-refractivity contribution in [3.05, 3.63) is 100 Å². The Morgan fingerprint density at radius 3 is 2.53 bits per heavy atom. The Morgan fingerprint density at radius 1 is 1.03 bits per heavy atom. The van der Waals surface area contributed by atoms with E-state index in [0.717, 1.165) is 23.3 Å². The molecule has 1 aliphatic heterocycles. The summed E-state index contributed by atoms with van der Waals surface area (Å²) in [4.78, 5) is 14.1. The standard InChI is InChI=1S/C26H20F3NO2/c1-3-32-25(31)19-8-6-9-21(16-19)30-23-14-12-20(26(27,28)29)15-18(23)11-13-24(30)22-10-5-4-7-17(22)2/h4-12,14-16H,3H2,1-2H3. The number of esters is 1. The number of ether oxygens (including phenoxy) is 1. The van der Waals surface area contributed by atoms with Gasteiger partial charge in [-0.2, -0.15) is 13.2 Å². The van der Waals surface area contributed by atoms with Crippen LogP contribution >= 0.6 is 0 Å². The molecule has 1 heterocycles. The van der Waals surface area contributed by atoms with Gasteiger partial charge in [0.15, 0.2) is 0 Å². The summed E-state index contributed by atoms with van der Waals surface area (Å²) < 4.78 is 45.0. The van der Waals surface area contributed by atoms with Gasteiger partial charge in [0.2, 0.25) is 0 Å². The van der Waals surface area contributed by atoms with Crippen LogP contribution in [0.3, 0.4) is 0 Å². The second-order valence-corrected chi connectivity index (χ2v) is 7.33. The zero-order valence-electron chi connectivity index (χ0n) is 17.5. The van der Waals surface area contributed by atoms with Crippen molar-refractivity contribution < 1.29 is 22.7 Å². The Labute approximate surface area is 184 Å². The lowest BCUT2D eigenvalue weighted by Gasteiger charge is -2.31. The third-order valence-corrected chi connectivity index (χ3v) is 5.20. The molecule has 0 spiro atoms.